The first-order chi connectivity index (χ1) is 24.1. The highest BCUT2D eigenvalue weighted by atomic mass is 16.5. The second-order valence-corrected chi connectivity index (χ2v) is 13.5. The quantitative estimate of drug-likeness (QED) is 0.138. The molecule has 0 saturated carbocycles. The number of aromatic nitrogens is 4. The van der Waals surface area contributed by atoms with Crippen LogP contribution >= 0.6 is 0 Å². The zero-order chi connectivity index (χ0) is 32.5. The molecule has 11 rings (SSSR count). The number of hydrogen-bond acceptors (Lipinski definition) is 1. The van der Waals surface area contributed by atoms with E-state index in [0.717, 1.165) is 22.8 Å². The van der Waals surface area contributed by atoms with Gasteiger partial charge in [-0.05, 0) is 83.1 Å². The van der Waals surface area contributed by atoms with Crippen molar-refractivity contribution in [2.45, 2.75) is 19.9 Å². The molecule has 3 aromatic heterocycles. The summed E-state index contributed by atoms with van der Waals surface area (Å²) in [6.45, 7) is 4.59. The van der Waals surface area contributed by atoms with E-state index < -0.39 is 0 Å². The van der Waals surface area contributed by atoms with Crippen LogP contribution in [0.1, 0.15) is 28.6 Å². The fraction of sp³-hybridized carbons (Fsp3) is 0.0909. The molecule has 5 nitrogen and oxygen atoms in total. The minimum Gasteiger partial charge on any atom is -0.456 e. The van der Waals surface area contributed by atoms with Crippen LogP contribution in [0.2, 0.25) is 0 Å². The second-order valence-electron chi connectivity index (χ2n) is 13.5. The summed E-state index contributed by atoms with van der Waals surface area (Å²) in [5.74, 6) is 1.82. The largest absolute Gasteiger partial charge is 0.456 e. The summed E-state index contributed by atoms with van der Waals surface area (Å²) in [5.41, 5.74) is 12.1. The fourth-order valence-corrected chi connectivity index (χ4v) is 9.07. The Bertz CT molecular complexity index is 2860. The van der Waals surface area contributed by atoms with Crippen LogP contribution in [-0.2, 0) is 7.05 Å². The van der Waals surface area contributed by atoms with E-state index in [2.05, 4.69) is 173 Å². The number of rotatable bonds is 2. The summed E-state index contributed by atoms with van der Waals surface area (Å²) in [6, 6.07) is 46.0. The van der Waals surface area contributed by atoms with Crippen molar-refractivity contribution >= 4 is 43.5 Å². The topological polar surface area (TPSA) is 26.8 Å². The number of benzene rings is 6. The molecule has 0 bridgehead atoms. The molecule has 0 amide bonds. The Hall–Kier alpha value is -6.20. The molecule has 0 aliphatic carbocycles. The molecule has 1 unspecified atom stereocenters. The number of fused-ring (bicyclic) bond motifs is 10. The van der Waals surface area contributed by atoms with E-state index in [9.17, 15) is 0 Å². The Labute approximate surface area is 283 Å². The second kappa shape index (κ2) is 9.45. The molecule has 49 heavy (non-hydrogen) atoms. The summed E-state index contributed by atoms with van der Waals surface area (Å²) in [7, 11) is 2.14. The predicted octanol–water partition coefficient (Wildman–Crippen LogP) is 9.33. The maximum Gasteiger partial charge on any atom is 0.294 e. The van der Waals surface area contributed by atoms with Crippen molar-refractivity contribution in [3.05, 3.63) is 156 Å². The molecule has 0 spiro atoms. The van der Waals surface area contributed by atoms with Crippen LogP contribution in [-0.4, -0.2) is 9.25 Å². The van der Waals surface area contributed by atoms with Crippen LogP contribution in [0.4, 0.5) is 0 Å². The van der Waals surface area contributed by atoms with E-state index in [-0.39, 0.29) is 6.04 Å². The van der Waals surface area contributed by atoms with Gasteiger partial charge in [0.25, 0.3) is 5.65 Å². The normalized spacial score (nSPS) is 14.4. The van der Waals surface area contributed by atoms with E-state index in [4.69, 9.17) is 4.74 Å². The molecule has 5 heterocycles. The van der Waals surface area contributed by atoms with Crippen LogP contribution in [0.3, 0.4) is 0 Å². The summed E-state index contributed by atoms with van der Waals surface area (Å²) < 4.78 is 16.5. The standard InChI is InChI=1S/C44H32N4O/c1-26-39(40-30-15-6-4-13-28(30)25-29-14-5-7-16-31(29)40)27(2)48-43-41-35(20-10-22-37(41)49-38-23-11-21-36(42(38)43)47(26)48)46-34-19-9-8-17-32(34)33-18-12-24-45(3)44(33)46/h4-25,43H,1-3H3/q+2. The van der Waals surface area contributed by atoms with Crippen molar-refractivity contribution < 1.29 is 14.0 Å². The lowest BCUT2D eigenvalue weighted by Crippen LogP contribution is -2.46. The lowest BCUT2D eigenvalue weighted by molar-refractivity contribution is -0.771. The fourth-order valence-electron chi connectivity index (χ4n) is 9.07. The Kier molecular flexibility index (Phi) is 5.17. The van der Waals surface area contributed by atoms with Gasteiger partial charge in [-0.25, -0.2) is 4.57 Å². The molecule has 0 fully saturated rings. The molecule has 5 heteroatoms. The summed E-state index contributed by atoms with van der Waals surface area (Å²) >= 11 is 0. The van der Waals surface area contributed by atoms with Gasteiger partial charge in [-0.2, -0.15) is 4.57 Å². The number of nitrogens with zero attached hydrogens (tertiary/aromatic N) is 4. The average molecular weight is 633 g/mol. The van der Waals surface area contributed by atoms with Crippen LogP contribution < -0.4 is 14.0 Å². The zero-order valence-corrected chi connectivity index (χ0v) is 27.5. The molecule has 1 atom stereocenters. The van der Waals surface area contributed by atoms with Crippen LogP contribution in [0.25, 0.3) is 66.0 Å². The number of pyridine rings is 1. The third kappa shape index (κ3) is 3.34. The number of aryl methyl sites for hydroxylation is 1. The van der Waals surface area contributed by atoms with Gasteiger partial charge in [0.2, 0.25) is 11.7 Å². The Balaban J connectivity index is 1.26. The summed E-state index contributed by atoms with van der Waals surface area (Å²) in [6.07, 6.45) is 2.14. The van der Waals surface area contributed by atoms with Crippen LogP contribution in [0.5, 0.6) is 11.5 Å². The van der Waals surface area contributed by atoms with Crippen molar-refractivity contribution in [1.82, 2.24) is 9.25 Å². The molecular formula is C44H32N4O+2. The van der Waals surface area contributed by atoms with E-state index in [1.807, 2.05) is 0 Å². The van der Waals surface area contributed by atoms with Gasteiger partial charge in [0, 0.05) is 17.9 Å². The van der Waals surface area contributed by atoms with E-state index in [1.165, 1.54) is 77.2 Å². The number of para-hydroxylation sites is 1. The monoisotopic (exact) mass is 632 g/mol. The van der Waals surface area contributed by atoms with Gasteiger partial charge in [0.15, 0.2) is 0 Å². The highest BCUT2D eigenvalue weighted by molar-refractivity contribution is 6.13. The average Bonchev–Trinajstić information content (AvgIpc) is 3.74. The van der Waals surface area contributed by atoms with Crippen molar-refractivity contribution in [3.8, 4) is 34.0 Å². The molecule has 2 aliphatic rings. The molecule has 6 aromatic carbocycles. The van der Waals surface area contributed by atoms with Crippen molar-refractivity contribution in [2.24, 2.45) is 7.05 Å². The van der Waals surface area contributed by atoms with E-state index in [1.54, 1.807) is 0 Å². The van der Waals surface area contributed by atoms with Crippen LogP contribution in [0.15, 0.2) is 134 Å². The summed E-state index contributed by atoms with van der Waals surface area (Å²) in [4.78, 5) is 0. The molecule has 232 valence electrons. The van der Waals surface area contributed by atoms with Crippen molar-refractivity contribution in [1.29, 1.82) is 0 Å². The SMILES string of the molecule is Cc1c(-c2c3ccccc3cc3ccccc23)c(C)[n+]2n1-c1cccc3c1C2c1c(cccc1-n1c2ccccc2c2ccc[n+](C)c21)O3. The van der Waals surface area contributed by atoms with Gasteiger partial charge in [-0.3, -0.25) is 0 Å². The Morgan fingerprint density at radius 1 is 0.592 bits per heavy atom. The molecule has 9 aromatic rings. The third-order valence-corrected chi connectivity index (χ3v) is 11.0. The maximum absolute atomic E-state index is 6.83. The van der Waals surface area contributed by atoms with Crippen LogP contribution in [0, 0.1) is 13.8 Å². The van der Waals surface area contributed by atoms with Gasteiger partial charge < -0.3 is 4.74 Å². The first-order valence-electron chi connectivity index (χ1n) is 17.0. The molecule has 2 aliphatic heterocycles. The molecule has 0 radical (unpaired) electrons. The third-order valence-electron chi connectivity index (χ3n) is 11.0. The van der Waals surface area contributed by atoms with Crippen molar-refractivity contribution in [3.63, 3.8) is 0 Å². The van der Waals surface area contributed by atoms with Crippen molar-refractivity contribution in [2.75, 3.05) is 0 Å². The zero-order valence-electron chi connectivity index (χ0n) is 27.5. The minimum absolute atomic E-state index is 0.0786. The lowest BCUT2D eigenvalue weighted by atomic mass is 9.89. The van der Waals surface area contributed by atoms with Gasteiger partial charge in [0.05, 0.1) is 35.5 Å². The smallest absolute Gasteiger partial charge is 0.294 e. The Morgan fingerprint density at radius 3 is 1.94 bits per heavy atom. The van der Waals surface area contributed by atoms with Gasteiger partial charge in [-0.1, -0.05) is 77.5 Å². The number of ether oxygens (including phenoxy) is 1. The van der Waals surface area contributed by atoms with Gasteiger partial charge >= 0.3 is 0 Å². The number of hydrogen-bond donors (Lipinski definition) is 0. The van der Waals surface area contributed by atoms with E-state index >= 15 is 0 Å². The lowest BCUT2D eigenvalue weighted by Gasteiger charge is -2.23. The molecule has 0 N–H and O–H groups in total. The Morgan fingerprint density at radius 2 is 1.20 bits per heavy atom. The first-order valence-corrected chi connectivity index (χ1v) is 17.0. The minimum atomic E-state index is -0.0786. The highest BCUT2D eigenvalue weighted by Crippen LogP contribution is 2.52. The summed E-state index contributed by atoms with van der Waals surface area (Å²) in [5, 5.41) is 7.53. The predicted molar refractivity (Wildman–Crippen MR) is 195 cm³/mol. The highest BCUT2D eigenvalue weighted by Gasteiger charge is 2.50. The maximum atomic E-state index is 6.83. The van der Waals surface area contributed by atoms with E-state index in [0.29, 0.717) is 0 Å². The first kappa shape index (κ1) is 26.8. The van der Waals surface area contributed by atoms with Gasteiger partial charge in [0.1, 0.15) is 34.0 Å². The molecular weight excluding hydrogens is 601 g/mol. The van der Waals surface area contributed by atoms with Gasteiger partial charge in [-0.15, -0.1) is 4.68 Å². The molecule has 0 saturated heterocycles.